The predicted molar refractivity (Wildman–Crippen MR) is 38.0 cm³/mol. The Balaban J connectivity index is 3.85. The van der Waals surface area contributed by atoms with Gasteiger partial charge in [-0.05, 0) is 13.8 Å². The third-order valence-corrected chi connectivity index (χ3v) is 1.03. The minimum atomic E-state index is -0.731. The van der Waals surface area contributed by atoms with Gasteiger partial charge in [-0.2, -0.15) is 0 Å². The summed E-state index contributed by atoms with van der Waals surface area (Å²) in [5, 5.41) is 0. The fourth-order valence-electron chi connectivity index (χ4n) is 0.331. The molecule has 0 spiro atoms. The minimum Gasteiger partial charge on any atom is -0.445 e. The van der Waals surface area contributed by atoms with Crippen molar-refractivity contribution in [1.29, 1.82) is 0 Å². The molecule has 0 aromatic heterocycles. The summed E-state index contributed by atoms with van der Waals surface area (Å²) in [5.74, 6) is -0.411. The number of esters is 1. The summed E-state index contributed by atoms with van der Waals surface area (Å²) in [6, 6.07) is 0. The first-order valence-corrected chi connectivity index (χ1v) is 3.05. The van der Waals surface area contributed by atoms with E-state index >= 15 is 0 Å². The van der Waals surface area contributed by atoms with E-state index in [1.165, 1.54) is 6.92 Å². The molecule has 0 fully saturated rings. The highest BCUT2D eigenvalue weighted by Crippen LogP contribution is 2.03. The molecule has 0 heterocycles. The molecule has 0 aliphatic heterocycles. The Morgan fingerprint density at radius 3 is 2.10 bits per heavy atom. The van der Waals surface area contributed by atoms with Crippen molar-refractivity contribution in [3.05, 3.63) is 0 Å². The zero-order chi connectivity index (χ0) is 8.36. The van der Waals surface area contributed by atoms with Gasteiger partial charge in [-0.15, -0.1) is 0 Å². The standard InChI is InChI=1S/C6H14N2O2/c1-4(9)10-5(7)6(2,3)8/h5H,7-8H2,1-3H3. The van der Waals surface area contributed by atoms with Crippen LogP contribution in [0.4, 0.5) is 0 Å². The van der Waals surface area contributed by atoms with Crippen LogP contribution < -0.4 is 11.5 Å². The lowest BCUT2D eigenvalue weighted by molar-refractivity contribution is -0.148. The summed E-state index contributed by atoms with van der Waals surface area (Å²) in [5.41, 5.74) is 10.2. The van der Waals surface area contributed by atoms with Crippen molar-refractivity contribution in [3.8, 4) is 0 Å². The van der Waals surface area contributed by atoms with Crippen LogP contribution >= 0.6 is 0 Å². The molecule has 0 radical (unpaired) electrons. The molecule has 0 bridgehead atoms. The molecule has 0 saturated heterocycles. The summed E-state index contributed by atoms with van der Waals surface area (Å²) in [6.45, 7) is 4.69. The Morgan fingerprint density at radius 2 is 2.00 bits per heavy atom. The van der Waals surface area contributed by atoms with E-state index in [2.05, 4.69) is 4.74 Å². The maximum atomic E-state index is 10.3. The van der Waals surface area contributed by atoms with Crippen LogP contribution in [0.5, 0.6) is 0 Å². The first-order chi connectivity index (χ1) is 4.34. The topological polar surface area (TPSA) is 78.3 Å². The monoisotopic (exact) mass is 146 g/mol. The highest BCUT2D eigenvalue weighted by Gasteiger charge is 2.23. The SMILES string of the molecule is CC(=O)OC(N)C(C)(C)N. The van der Waals surface area contributed by atoms with Crippen LogP contribution in [0, 0.1) is 0 Å². The van der Waals surface area contributed by atoms with Crippen LogP contribution in [0.15, 0.2) is 0 Å². The van der Waals surface area contributed by atoms with Gasteiger partial charge in [-0.3, -0.25) is 10.5 Å². The van der Waals surface area contributed by atoms with Crippen LogP contribution in [0.25, 0.3) is 0 Å². The molecule has 4 heteroatoms. The number of ether oxygens (including phenoxy) is 1. The van der Waals surface area contributed by atoms with Crippen molar-refractivity contribution < 1.29 is 9.53 Å². The second kappa shape index (κ2) is 2.98. The molecular weight excluding hydrogens is 132 g/mol. The lowest BCUT2D eigenvalue weighted by Gasteiger charge is -2.25. The molecule has 1 unspecified atom stereocenters. The second-order valence-corrected chi connectivity index (χ2v) is 2.85. The fourth-order valence-corrected chi connectivity index (χ4v) is 0.331. The zero-order valence-corrected chi connectivity index (χ0v) is 6.55. The van der Waals surface area contributed by atoms with Gasteiger partial charge in [-0.1, -0.05) is 0 Å². The molecule has 0 aromatic rings. The molecule has 0 rings (SSSR count). The van der Waals surface area contributed by atoms with E-state index in [4.69, 9.17) is 11.5 Å². The summed E-state index contributed by atoms with van der Waals surface area (Å²) in [7, 11) is 0. The lowest BCUT2D eigenvalue weighted by atomic mass is 10.1. The Bertz CT molecular complexity index is 128. The quantitative estimate of drug-likeness (QED) is 0.409. The number of carbonyl (C=O) groups excluding carboxylic acids is 1. The van der Waals surface area contributed by atoms with Crippen molar-refractivity contribution in [3.63, 3.8) is 0 Å². The Hall–Kier alpha value is -0.610. The number of hydrogen-bond donors (Lipinski definition) is 2. The van der Waals surface area contributed by atoms with Gasteiger partial charge in [0.15, 0.2) is 6.23 Å². The van der Waals surface area contributed by atoms with Crippen LogP contribution in [0.3, 0.4) is 0 Å². The summed E-state index contributed by atoms with van der Waals surface area (Å²) >= 11 is 0. The van der Waals surface area contributed by atoms with Gasteiger partial charge in [-0.25, -0.2) is 0 Å². The van der Waals surface area contributed by atoms with Crippen molar-refractivity contribution in [2.24, 2.45) is 11.5 Å². The molecule has 60 valence electrons. The average molecular weight is 146 g/mol. The largest absolute Gasteiger partial charge is 0.445 e. The molecule has 0 amide bonds. The highest BCUT2D eigenvalue weighted by molar-refractivity contribution is 5.66. The van der Waals surface area contributed by atoms with Crippen molar-refractivity contribution in [2.45, 2.75) is 32.5 Å². The normalized spacial score (nSPS) is 14.5. The molecule has 1 atom stereocenters. The van der Waals surface area contributed by atoms with Crippen LogP contribution in [0.2, 0.25) is 0 Å². The van der Waals surface area contributed by atoms with Crippen molar-refractivity contribution >= 4 is 5.97 Å². The van der Waals surface area contributed by atoms with Crippen LogP contribution in [-0.4, -0.2) is 17.7 Å². The maximum absolute atomic E-state index is 10.3. The molecule has 4 N–H and O–H groups in total. The first kappa shape index (κ1) is 9.39. The summed E-state index contributed by atoms with van der Waals surface area (Å²) in [6.07, 6.45) is -0.731. The minimum absolute atomic E-state index is 0.411. The van der Waals surface area contributed by atoms with Crippen LogP contribution in [-0.2, 0) is 9.53 Å². The van der Waals surface area contributed by atoms with Crippen LogP contribution in [0.1, 0.15) is 20.8 Å². The Labute approximate surface area is 60.5 Å². The summed E-state index contributed by atoms with van der Waals surface area (Å²) in [4.78, 5) is 10.3. The fraction of sp³-hybridized carbons (Fsp3) is 0.833. The molecule has 0 aliphatic carbocycles. The molecule has 0 aliphatic rings. The first-order valence-electron chi connectivity index (χ1n) is 3.05. The lowest BCUT2D eigenvalue weighted by Crippen LogP contribution is -2.52. The van der Waals surface area contributed by atoms with E-state index in [0.29, 0.717) is 0 Å². The molecule has 4 nitrogen and oxygen atoms in total. The van der Waals surface area contributed by atoms with E-state index in [-0.39, 0.29) is 0 Å². The van der Waals surface area contributed by atoms with Gasteiger partial charge in [0.05, 0.1) is 5.54 Å². The molecule has 10 heavy (non-hydrogen) atoms. The van der Waals surface area contributed by atoms with Gasteiger partial charge in [0, 0.05) is 6.92 Å². The smallest absolute Gasteiger partial charge is 0.304 e. The van der Waals surface area contributed by atoms with E-state index in [1.54, 1.807) is 13.8 Å². The number of rotatable bonds is 2. The highest BCUT2D eigenvalue weighted by atomic mass is 16.6. The zero-order valence-electron chi connectivity index (χ0n) is 6.55. The Morgan fingerprint density at radius 1 is 1.60 bits per heavy atom. The maximum Gasteiger partial charge on any atom is 0.304 e. The van der Waals surface area contributed by atoms with Gasteiger partial charge in [0.25, 0.3) is 0 Å². The predicted octanol–water partition coefficient (Wildman–Crippen LogP) is -0.428. The summed E-state index contributed by atoms with van der Waals surface area (Å²) < 4.78 is 4.63. The third kappa shape index (κ3) is 3.42. The van der Waals surface area contributed by atoms with E-state index < -0.39 is 17.7 Å². The average Bonchev–Trinajstić information content (AvgIpc) is 1.60. The molecular formula is C6H14N2O2. The number of carbonyl (C=O) groups is 1. The van der Waals surface area contributed by atoms with Gasteiger partial charge >= 0.3 is 5.97 Å². The Kier molecular flexibility index (Phi) is 2.80. The second-order valence-electron chi connectivity index (χ2n) is 2.85. The van der Waals surface area contributed by atoms with Gasteiger partial charge in [0.1, 0.15) is 0 Å². The molecule has 0 aromatic carbocycles. The van der Waals surface area contributed by atoms with E-state index in [0.717, 1.165) is 0 Å². The van der Waals surface area contributed by atoms with Crippen molar-refractivity contribution in [1.82, 2.24) is 0 Å². The van der Waals surface area contributed by atoms with E-state index in [1.807, 2.05) is 0 Å². The van der Waals surface area contributed by atoms with E-state index in [9.17, 15) is 4.79 Å². The number of hydrogen-bond acceptors (Lipinski definition) is 4. The van der Waals surface area contributed by atoms with Gasteiger partial charge < -0.3 is 10.5 Å². The van der Waals surface area contributed by atoms with Crippen molar-refractivity contribution in [2.75, 3.05) is 0 Å². The third-order valence-electron chi connectivity index (χ3n) is 1.03. The number of nitrogens with two attached hydrogens (primary N) is 2. The molecule has 0 saturated carbocycles. The van der Waals surface area contributed by atoms with Gasteiger partial charge in [0.2, 0.25) is 0 Å².